The van der Waals surface area contributed by atoms with Crippen molar-refractivity contribution in [2.75, 3.05) is 45.9 Å². The van der Waals surface area contributed by atoms with Crippen LogP contribution in [0.4, 0.5) is 0 Å². The molecule has 0 saturated carbocycles. The van der Waals surface area contributed by atoms with E-state index < -0.39 is 6.04 Å². The molecule has 1 aliphatic rings. The number of nitrogens with one attached hydrogen (secondary N) is 2. The third-order valence-corrected chi connectivity index (χ3v) is 3.30. The molecule has 1 saturated heterocycles. The van der Waals surface area contributed by atoms with Crippen molar-refractivity contribution >= 4 is 11.8 Å². The van der Waals surface area contributed by atoms with Crippen LogP contribution in [0.1, 0.15) is 13.8 Å². The van der Waals surface area contributed by atoms with Gasteiger partial charge in [0.2, 0.25) is 11.8 Å². The van der Waals surface area contributed by atoms with Crippen LogP contribution in [0.2, 0.25) is 0 Å². The fourth-order valence-electron chi connectivity index (χ4n) is 1.83. The summed E-state index contributed by atoms with van der Waals surface area (Å²) in [5, 5.41) is 5.32. The molecule has 20 heavy (non-hydrogen) atoms. The van der Waals surface area contributed by atoms with Gasteiger partial charge in [0.15, 0.2) is 0 Å². The van der Waals surface area contributed by atoms with Crippen molar-refractivity contribution in [2.45, 2.75) is 19.9 Å². The number of hydrogen-bond acceptors (Lipinski definition) is 5. The maximum Gasteiger partial charge on any atom is 0.239 e. The Labute approximate surface area is 120 Å². The van der Waals surface area contributed by atoms with Crippen molar-refractivity contribution in [3.05, 3.63) is 0 Å². The van der Waals surface area contributed by atoms with Gasteiger partial charge in [-0.3, -0.25) is 14.5 Å². The van der Waals surface area contributed by atoms with E-state index in [9.17, 15) is 9.59 Å². The van der Waals surface area contributed by atoms with Gasteiger partial charge in [-0.25, -0.2) is 0 Å². The first-order valence-corrected chi connectivity index (χ1v) is 7.10. The molecule has 0 unspecified atom stereocenters. The lowest BCUT2D eigenvalue weighted by Gasteiger charge is -2.26. The first-order valence-electron chi connectivity index (χ1n) is 7.10. The Kier molecular flexibility index (Phi) is 7.50. The minimum Gasteiger partial charge on any atom is -0.379 e. The third kappa shape index (κ3) is 6.31. The number of hydrogen-bond donors (Lipinski definition) is 3. The van der Waals surface area contributed by atoms with Crippen molar-refractivity contribution in [1.82, 2.24) is 15.5 Å². The standard InChI is InChI=1S/C13H26N4O3/c1-10(2)12(14)13(19)16-9-11(18)15-3-4-17-5-7-20-8-6-17/h10,12H,3-9,14H2,1-2H3,(H,15,18)(H,16,19)/t12-/m0/s1. The van der Waals surface area contributed by atoms with E-state index in [1.165, 1.54) is 0 Å². The van der Waals surface area contributed by atoms with E-state index in [1.54, 1.807) is 0 Å². The minimum atomic E-state index is -0.573. The Balaban J connectivity index is 2.09. The van der Waals surface area contributed by atoms with Crippen LogP contribution in [0.5, 0.6) is 0 Å². The van der Waals surface area contributed by atoms with Crippen LogP contribution in [0.25, 0.3) is 0 Å². The molecule has 0 radical (unpaired) electrons. The lowest BCUT2D eigenvalue weighted by atomic mass is 10.1. The van der Waals surface area contributed by atoms with Crippen LogP contribution in [0, 0.1) is 5.92 Å². The fraction of sp³-hybridized carbons (Fsp3) is 0.846. The molecule has 0 aromatic rings. The predicted molar refractivity (Wildman–Crippen MR) is 76.1 cm³/mol. The number of rotatable bonds is 7. The highest BCUT2D eigenvalue weighted by atomic mass is 16.5. The molecule has 0 bridgehead atoms. The van der Waals surface area contributed by atoms with Crippen molar-refractivity contribution in [1.29, 1.82) is 0 Å². The van der Waals surface area contributed by atoms with Gasteiger partial charge in [0.1, 0.15) is 0 Å². The van der Waals surface area contributed by atoms with E-state index in [1.807, 2.05) is 13.8 Å². The number of amides is 2. The molecular formula is C13H26N4O3. The first-order chi connectivity index (χ1) is 9.50. The highest BCUT2D eigenvalue weighted by Gasteiger charge is 2.17. The summed E-state index contributed by atoms with van der Waals surface area (Å²) in [6, 6.07) is -0.573. The molecule has 7 nitrogen and oxygen atoms in total. The molecule has 1 fully saturated rings. The van der Waals surface area contributed by atoms with E-state index in [4.69, 9.17) is 10.5 Å². The van der Waals surface area contributed by atoms with Crippen LogP contribution in [-0.4, -0.2) is 68.7 Å². The van der Waals surface area contributed by atoms with E-state index >= 15 is 0 Å². The van der Waals surface area contributed by atoms with Crippen molar-refractivity contribution in [3.8, 4) is 0 Å². The molecule has 4 N–H and O–H groups in total. The molecule has 2 amide bonds. The van der Waals surface area contributed by atoms with Crippen LogP contribution >= 0.6 is 0 Å². The number of nitrogens with two attached hydrogens (primary N) is 1. The van der Waals surface area contributed by atoms with Gasteiger partial charge in [-0.15, -0.1) is 0 Å². The van der Waals surface area contributed by atoms with Gasteiger partial charge in [0.05, 0.1) is 25.8 Å². The summed E-state index contributed by atoms with van der Waals surface area (Å²) in [4.78, 5) is 25.4. The number of carbonyl (C=O) groups excluding carboxylic acids is 2. The van der Waals surface area contributed by atoms with Crippen molar-refractivity contribution in [3.63, 3.8) is 0 Å². The Morgan fingerprint density at radius 2 is 1.90 bits per heavy atom. The van der Waals surface area contributed by atoms with Gasteiger partial charge < -0.3 is 21.1 Å². The Morgan fingerprint density at radius 3 is 2.50 bits per heavy atom. The molecule has 0 aromatic heterocycles. The summed E-state index contributed by atoms with van der Waals surface area (Å²) in [7, 11) is 0. The first kappa shape index (κ1) is 16.9. The molecule has 0 spiro atoms. The van der Waals surface area contributed by atoms with Crippen molar-refractivity contribution < 1.29 is 14.3 Å². The molecule has 0 aliphatic carbocycles. The lowest BCUT2D eigenvalue weighted by molar-refractivity contribution is -0.127. The average molecular weight is 286 g/mol. The summed E-state index contributed by atoms with van der Waals surface area (Å²) in [5.74, 6) is -0.426. The number of morpholine rings is 1. The molecule has 7 heteroatoms. The zero-order chi connectivity index (χ0) is 15.0. The monoisotopic (exact) mass is 286 g/mol. The van der Waals surface area contributed by atoms with Gasteiger partial charge in [0, 0.05) is 26.2 Å². The highest BCUT2D eigenvalue weighted by Crippen LogP contribution is 1.97. The maximum absolute atomic E-state index is 11.6. The number of nitrogens with zero attached hydrogens (tertiary/aromatic N) is 1. The number of carbonyl (C=O) groups is 2. The lowest BCUT2D eigenvalue weighted by Crippen LogP contribution is -2.48. The summed E-state index contributed by atoms with van der Waals surface area (Å²) >= 11 is 0. The van der Waals surface area contributed by atoms with E-state index in [0.717, 1.165) is 32.8 Å². The Morgan fingerprint density at radius 1 is 1.25 bits per heavy atom. The van der Waals surface area contributed by atoms with Gasteiger partial charge in [-0.1, -0.05) is 13.8 Å². The van der Waals surface area contributed by atoms with E-state index in [0.29, 0.717) is 6.54 Å². The molecule has 1 rings (SSSR count). The van der Waals surface area contributed by atoms with Gasteiger partial charge in [0.25, 0.3) is 0 Å². The minimum absolute atomic E-state index is 0.0254. The van der Waals surface area contributed by atoms with Gasteiger partial charge in [-0.2, -0.15) is 0 Å². The second-order valence-corrected chi connectivity index (χ2v) is 5.29. The zero-order valence-electron chi connectivity index (χ0n) is 12.4. The molecule has 116 valence electrons. The van der Waals surface area contributed by atoms with Crippen LogP contribution in [-0.2, 0) is 14.3 Å². The largest absolute Gasteiger partial charge is 0.379 e. The second-order valence-electron chi connectivity index (χ2n) is 5.29. The molecular weight excluding hydrogens is 260 g/mol. The topological polar surface area (TPSA) is 96.7 Å². The Hall–Kier alpha value is -1.18. The van der Waals surface area contributed by atoms with Crippen LogP contribution in [0.3, 0.4) is 0 Å². The van der Waals surface area contributed by atoms with Crippen LogP contribution in [0.15, 0.2) is 0 Å². The SMILES string of the molecule is CC(C)[C@H](N)C(=O)NCC(=O)NCCN1CCOCC1. The number of ether oxygens (including phenoxy) is 1. The molecule has 1 heterocycles. The second kappa shape index (κ2) is 8.89. The summed E-state index contributed by atoms with van der Waals surface area (Å²) in [6.07, 6.45) is 0. The van der Waals surface area contributed by atoms with Gasteiger partial charge >= 0.3 is 0 Å². The third-order valence-electron chi connectivity index (χ3n) is 3.30. The molecule has 0 aromatic carbocycles. The zero-order valence-corrected chi connectivity index (χ0v) is 12.4. The quantitative estimate of drug-likeness (QED) is 0.531. The Bertz CT molecular complexity index is 317. The molecule has 1 atom stereocenters. The average Bonchev–Trinajstić information content (AvgIpc) is 2.45. The van der Waals surface area contributed by atoms with Crippen molar-refractivity contribution in [2.24, 2.45) is 11.7 Å². The maximum atomic E-state index is 11.6. The summed E-state index contributed by atoms with van der Waals surface area (Å²) in [6.45, 7) is 8.38. The van der Waals surface area contributed by atoms with E-state index in [2.05, 4.69) is 15.5 Å². The summed E-state index contributed by atoms with van der Waals surface area (Å²) < 4.78 is 5.25. The fourth-order valence-corrected chi connectivity index (χ4v) is 1.83. The smallest absolute Gasteiger partial charge is 0.239 e. The normalized spacial score (nSPS) is 17.8. The van der Waals surface area contributed by atoms with Gasteiger partial charge in [-0.05, 0) is 5.92 Å². The summed E-state index contributed by atoms with van der Waals surface area (Å²) in [5.41, 5.74) is 5.68. The predicted octanol–water partition coefficient (Wildman–Crippen LogP) is -1.47. The van der Waals surface area contributed by atoms with Crippen LogP contribution < -0.4 is 16.4 Å². The van der Waals surface area contributed by atoms with E-state index in [-0.39, 0.29) is 24.3 Å². The molecule has 1 aliphatic heterocycles. The highest BCUT2D eigenvalue weighted by molar-refractivity contribution is 5.87.